The van der Waals surface area contributed by atoms with E-state index in [1.165, 1.54) is 31.0 Å². The van der Waals surface area contributed by atoms with E-state index in [4.69, 9.17) is 0 Å². The number of halogens is 1. The first-order valence-corrected chi connectivity index (χ1v) is 8.42. The first kappa shape index (κ1) is 14.0. The molecule has 1 N–H and O–H groups in total. The lowest BCUT2D eigenvalue weighted by molar-refractivity contribution is 0.0826. The third-order valence-corrected chi connectivity index (χ3v) is 5.48. The zero-order valence-corrected chi connectivity index (χ0v) is 13.1. The zero-order valence-electron chi connectivity index (χ0n) is 13.1. The molecule has 1 aromatic carbocycles. The summed E-state index contributed by atoms with van der Waals surface area (Å²) in [7, 11) is 0. The second-order valence-electron chi connectivity index (χ2n) is 6.79. The number of aromatic amines is 1. The van der Waals surface area contributed by atoms with E-state index in [-0.39, 0.29) is 5.82 Å². The molecule has 1 aliphatic carbocycles. The van der Waals surface area contributed by atoms with Gasteiger partial charge in [0.25, 0.3) is 0 Å². The molecular weight excluding hydrogens is 275 g/mol. The number of aromatic nitrogens is 1. The average molecular weight is 298 g/mol. The predicted octanol–water partition coefficient (Wildman–Crippen LogP) is 4.14. The van der Waals surface area contributed by atoms with Crippen molar-refractivity contribution >= 4 is 10.9 Å². The van der Waals surface area contributed by atoms with Crippen molar-refractivity contribution in [3.63, 3.8) is 0 Å². The largest absolute Gasteiger partial charge is 0.361 e. The van der Waals surface area contributed by atoms with Crippen LogP contribution in [0.2, 0.25) is 0 Å². The second kappa shape index (κ2) is 5.54. The third-order valence-electron chi connectivity index (χ3n) is 5.48. The van der Waals surface area contributed by atoms with Gasteiger partial charge in [-0.3, -0.25) is 4.90 Å². The molecule has 0 radical (unpaired) electrons. The molecule has 1 aromatic heterocycles. The molecule has 116 valence electrons. The van der Waals surface area contributed by atoms with Crippen molar-refractivity contribution in [3.05, 3.63) is 47.9 Å². The van der Waals surface area contributed by atoms with Crippen LogP contribution < -0.4 is 0 Å². The summed E-state index contributed by atoms with van der Waals surface area (Å²) in [4.78, 5) is 5.88. The Hall–Kier alpha value is -1.61. The summed E-state index contributed by atoms with van der Waals surface area (Å²) in [5.41, 5.74) is 2.26. The Balaban J connectivity index is 1.50. The fourth-order valence-corrected chi connectivity index (χ4v) is 4.28. The standard InChI is InChI=1S/C19H23FN2/c1-2-14-9-13-3-6-19(14)22(12-13)8-7-15-11-21-18-5-4-16(20)10-17(15)18/h3-6,10-11,13-14,19,21H,2,7-9,12H2,1H3. The van der Waals surface area contributed by atoms with Crippen LogP contribution >= 0.6 is 0 Å². The molecule has 0 saturated carbocycles. The molecule has 22 heavy (non-hydrogen) atoms. The van der Waals surface area contributed by atoms with E-state index < -0.39 is 0 Å². The van der Waals surface area contributed by atoms with Crippen molar-refractivity contribution in [2.24, 2.45) is 11.8 Å². The second-order valence-corrected chi connectivity index (χ2v) is 6.79. The molecule has 3 heterocycles. The van der Waals surface area contributed by atoms with Gasteiger partial charge in [0.05, 0.1) is 0 Å². The van der Waals surface area contributed by atoms with Crippen LogP contribution in [0.15, 0.2) is 36.5 Å². The van der Waals surface area contributed by atoms with E-state index in [9.17, 15) is 4.39 Å². The Morgan fingerprint density at radius 3 is 3.05 bits per heavy atom. The van der Waals surface area contributed by atoms with Gasteiger partial charge in [-0.25, -0.2) is 4.39 Å². The van der Waals surface area contributed by atoms with E-state index >= 15 is 0 Å². The van der Waals surface area contributed by atoms with Gasteiger partial charge < -0.3 is 4.98 Å². The molecule has 5 rings (SSSR count). The fraction of sp³-hybridized carbons (Fsp3) is 0.474. The van der Waals surface area contributed by atoms with E-state index in [0.29, 0.717) is 6.04 Å². The summed E-state index contributed by atoms with van der Waals surface area (Å²) in [6.07, 6.45) is 10.5. The first-order valence-electron chi connectivity index (χ1n) is 8.42. The number of benzene rings is 1. The summed E-state index contributed by atoms with van der Waals surface area (Å²) in [6, 6.07) is 5.60. The number of hydrogen-bond acceptors (Lipinski definition) is 1. The Labute approximate surface area is 131 Å². The van der Waals surface area contributed by atoms with E-state index in [2.05, 4.69) is 29.0 Å². The van der Waals surface area contributed by atoms with Crippen LogP contribution in [0.1, 0.15) is 25.3 Å². The monoisotopic (exact) mass is 298 g/mol. The molecule has 3 atom stereocenters. The minimum absolute atomic E-state index is 0.153. The molecule has 1 saturated heterocycles. The molecule has 2 bridgehead atoms. The highest BCUT2D eigenvalue weighted by molar-refractivity contribution is 5.83. The number of fused-ring (bicyclic) bond motifs is 3. The molecular formula is C19H23FN2. The molecule has 2 aliphatic heterocycles. The van der Waals surface area contributed by atoms with Crippen molar-refractivity contribution in [3.8, 4) is 0 Å². The van der Waals surface area contributed by atoms with E-state index in [0.717, 1.165) is 35.7 Å². The predicted molar refractivity (Wildman–Crippen MR) is 88.3 cm³/mol. The highest BCUT2D eigenvalue weighted by Crippen LogP contribution is 2.36. The van der Waals surface area contributed by atoms with Crippen molar-refractivity contribution < 1.29 is 4.39 Å². The van der Waals surface area contributed by atoms with Gasteiger partial charge in [-0.2, -0.15) is 0 Å². The quantitative estimate of drug-likeness (QED) is 0.841. The van der Waals surface area contributed by atoms with Gasteiger partial charge in [-0.15, -0.1) is 0 Å². The van der Waals surface area contributed by atoms with Crippen LogP contribution in [0.3, 0.4) is 0 Å². The average Bonchev–Trinajstić information content (AvgIpc) is 2.95. The summed E-state index contributed by atoms with van der Waals surface area (Å²) >= 11 is 0. The van der Waals surface area contributed by atoms with Gasteiger partial charge in [-0.1, -0.05) is 25.5 Å². The summed E-state index contributed by atoms with van der Waals surface area (Å²) in [5, 5.41) is 1.03. The number of hydrogen-bond donors (Lipinski definition) is 1. The fourth-order valence-electron chi connectivity index (χ4n) is 4.28. The van der Waals surface area contributed by atoms with Crippen LogP contribution in [0, 0.1) is 17.7 Å². The molecule has 0 spiro atoms. The maximum absolute atomic E-state index is 13.5. The van der Waals surface area contributed by atoms with E-state index in [1.54, 1.807) is 6.07 Å². The minimum Gasteiger partial charge on any atom is -0.361 e. The van der Waals surface area contributed by atoms with Crippen molar-refractivity contribution in [1.29, 1.82) is 0 Å². The summed E-state index contributed by atoms with van der Waals surface area (Å²) in [5.74, 6) is 1.39. The van der Waals surface area contributed by atoms with Gasteiger partial charge >= 0.3 is 0 Å². The number of piperidine rings is 1. The van der Waals surface area contributed by atoms with Crippen molar-refractivity contribution in [2.45, 2.75) is 32.2 Å². The lowest BCUT2D eigenvalue weighted by Gasteiger charge is -2.46. The minimum atomic E-state index is -0.153. The van der Waals surface area contributed by atoms with Gasteiger partial charge in [0, 0.05) is 36.2 Å². The normalized spacial score (nSPS) is 27.8. The van der Waals surface area contributed by atoms with Crippen molar-refractivity contribution in [2.75, 3.05) is 13.1 Å². The number of H-pyrrole nitrogens is 1. The number of rotatable bonds is 4. The smallest absolute Gasteiger partial charge is 0.123 e. The van der Waals surface area contributed by atoms with Crippen LogP contribution in [-0.2, 0) is 6.42 Å². The highest BCUT2D eigenvalue weighted by Gasteiger charge is 2.35. The molecule has 1 fully saturated rings. The topological polar surface area (TPSA) is 19.0 Å². The van der Waals surface area contributed by atoms with E-state index in [1.807, 2.05) is 12.3 Å². The number of nitrogens with zero attached hydrogens (tertiary/aromatic N) is 1. The molecule has 3 heteroatoms. The Kier molecular flexibility index (Phi) is 3.53. The zero-order chi connectivity index (χ0) is 15.1. The van der Waals surface area contributed by atoms with Gasteiger partial charge in [0.2, 0.25) is 0 Å². The van der Waals surface area contributed by atoms with Crippen LogP contribution in [0.25, 0.3) is 10.9 Å². The SMILES string of the molecule is CCC1CC2C=CC1N(CCc1c[nH]c3ccc(F)cc13)C2. The highest BCUT2D eigenvalue weighted by atomic mass is 19.1. The van der Waals surface area contributed by atoms with Crippen LogP contribution in [0.5, 0.6) is 0 Å². The lowest BCUT2D eigenvalue weighted by atomic mass is 9.76. The van der Waals surface area contributed by atoms with Crippen LogP contribution in [-0.4, -0.2) is 29.0 Å². The Bertz CT molecular complexity index is 703. The molecule has 3 unspecified atom stereocenters. The lowest BCUT2D eigenvalue weighted by Crippen LogP contribution is -2.50. The third kappa shape index (κ3) is 2.38. The number of nitrogens with one attached hydrogen (secondary N) is 1. The maximum Gasteiger partial charge on any atom is 0.123 e. The van der Waals surface area contributed by atoms with Gasteiger partial charge in [0.1, 0.15) is 5.82 Å². The first-order chi connectivity index (χ1) is 10.7. The van der Waals surface area contributed by atoms with Gasteiger partial charge in [-0.05, 0) is 48.4 Å². The Morgan fingerprint density at radius 2 is 2.23 bits per heavy atom. The molecule has 2 aromatic rings. The summed E-state index contributed by atoms with van der Waals surface area (Å²) in [6.45, 7) is 4.56. The maximum atomic E-state index is 13.5. The van der Waals surface area contributed by atoms with Gasteiger partial charge in [0.15, 0.2) is 0 Å². The summed E-state index contributed by atoms with van der Waals surface area (Å²) < 4.78 is 13.5. The molecule has 2 nitrogen and oxygen atoms in total. The Morgan fingerprint density at radius 1 is 1.32 bits per heavy atom. The molecule has 3 aliphatic rings. The van der Waals surface area contributed by atoms with Crippen LogP contribution in [0.4, 0.5) is 4.39 Å². The van der Waals surface area contributed by atoms with Crippen molar-refractivity contribution in [1.82, 2.24) is 9.88 Å². The molecule has 0 amide bonds.